The average molecular weight is 353 g/mol. The second-order valence-electron chi connectivity index (χ2n) is 5.66. The average Bonchev–Trinajstić information content (AvgIpc) is 3.05. The highest BCUT2D eigenvalue weighted by Crippen LogP contribution is 2.28. The van der Waals surface area contributed by atoms with Gasteiger partial charge in [0.25, 0.3) is 0 Å². The third-order valence-electron chi connectivity index (χ3n) is 3.74. The van der Waals surface area contributed by atoms with E-state index in [1.165, 1.54) is 29.6 Å². The Morgan fingerprint density at radius 2 is 2.04 bits per heavy atom. The largest absolute Gasteiger partial charge is 0.504 e. The number of aromatic hydroxyl groups is 1. The molecular formula is C19H19N3O2S. The molecule has 0 bridgehead atoms. The van der Waals surface area contributed by atoms with Crippen LogP contribution in [0.25, 0.3) is 11.3 Å². The number of hydrogen-bond donors (Lipinski definition) is 2. The van der Waals surface area contributed by atoms with E-state index in [1.807, 2.05) is 5.38 Å². The number of nitrogens with zero attached hydrogens (tertiary/aromatic N) is 2. The molecule has 6 heteroatoms. The van der Waals surface area contributed by atoms with E-state index in [1.54, 1.807) is 24.4 Å². The van der Waals surface area contributed by atoms with Crippen LogP contribution in [0.2, 0.25) is 0 Å². The molecule has 0 unspecified atom stereocenters. The second-order valence-corrected chi connectivity index (χ2v) is 6.52. The van der Waals surface area contributed by atoms with Gasteiger partial charge in [0.05, 0.1) is 19.0 Å². The van der Waals surface area contributed by atoms with Gasteiger partial charge in [-0.05, 0) is 43.2 Å². The van der Waals surface area contributed by atoms with Gasteiger partial charge in [-0.1, -0.05) is 23.8 Å². The van der Waals surface area contributed by atoms with Crippen LogP contribution in [0.1, 0.15) is 16.7 Å². The first kappa shape index (κ1) is 17.0. The SMILES string of the molecule is COc1cc(/C=N\Nc2nc(-c3ccc(C)cc3C)cs2)ccc1O. The van der Waals surface area contributed by atoms with E-state index >= 15 is 0 Å². The molecule has 0 amide bonds. The molecule has 128 valence electrons. The van der Waals surface area contributed by atoms with Gasteiger partial charge >= 0.3 is 0 Å². The molecule has 2 N–H and O–H groups in total. The molecule has 2 aromatic carbocycles. The second kappa shape index (κ2) is 7.36. The third kappa shape index (κ3) is 3.97. The molecule has 5 nitrogen and oxygen atoms in total. The standard InChI is InChI=1S/C19H19N3O2S/c1-12-4-6-15(13(2)8-12)16-11-25-19(21-16)22-20-10-14-5-7-17(23)18(9-14)24-3/h4-11,23H,1-3H3,(H,21,22)/b20-10-. The van der Waals surface area contributed by atoms with Crippen LogP contribution in [-0.4, -0.2) is 23.4 Å². The molecule has 0 saturated carbocycles. The van der Waals surface area contributed by atoms with E-state index in [0.717, 1.165) is 22.0 Å². The first-order chi connectivity index (χ1) is 12.1. The van der Waals surface area contributed by atoms with Crippen LogP contribution >= 0.6 is 11.3 Å². The molecular weight excluding hydrogens is 334 g/mol. The fourth-order valence-corrected chi connectivity index (χ4v) is 3.15. The summed E-state index contributed by atoms with van der Waals surface area (Å²) >= 11 is 1.50. The number of aromatic nitrogens is 1. The molecule has 25 heavy (non-hydrogen) atoms. The molecule has 0 saturated heterocycles. The Kier molecular flexibility index (Phi) is 5.00. The van der Waals surface area contributed by atoms with Crippen molar-refractivity contribution in [1.29, 1.82) is 0 Å². The summed E-state index contributed by atoms with van der Waals surface area (Å²) in [7, 11) is 1.51. The number of thiazole rings is 1. The number of nitrogens with one attached hydrogen (secondary N) is 1. The van der Waals surface area contributed by atoms with Gasteiger partial charge < -0.3 is 9.84 Å². The van der Waals surface area contributed by atoms with Crippen molar-refractivity contribution < 1.29 is 9.84 Å². The zero-order valence-electron chi connectivity index (χ0n) is 14.3. The predicted octanol–water partition coefficient (Wildman–Crippen LogP) is 4.59. The molecule has 1 aromatic heterocycles. The van der Waals surface area contributed by atoms with Gasteiger partial charge in [-0.2, -0.15) is 5.10 Å². The maximum Gasteiger partial charge on any atom is 0.203 e. The first-order valence-corrected chi connectivity index (χ1v) is 8.64. The van der Waals surface area contributed by atoms with E-state index in [0.29, 0.717) is 5.75 Å². The summed E-state index contributed by atoms with van der Waals surface area (Å²) in [6.07, 6.45) is 1.65. The molecule has 0 atom stereocenters. The summed E-state index contributed by atoms with van der Waals surface area (Å²) in [5, 5.41) is 16.5. The van der Waals surface area contributed by atoms with Crippen LogP contribution in [-0.2, 0) is 0 Å². The summed E-state index contributed by atoms with van der Waals surface area (Å²) in [4.78, 5) is 4.58. The summed E-state index contributed by atoms with van der Waals surface area (Å²) in [5.41, 5.74) is 8.26. The van der Waals surface area contributed by atoms with Crippen LogP contribution < -0.4 is 10.2 Å². The van der Waals surface area contributed by atoms with Gasteiger partial charge in [-0.15, -0.1) is 11.3 Å². The molecule has 3 aromatic rings. The van der Waals surface area contributed by atoms with Gasteiger partial charge in [0.2, 0.25) is 5.13 Å². The maximum atomic E-state index is 9.60. The summed E-state index contributed by atoms with van der Waals surface area (Å²) in [6.45, 7) is 4.17. The molecule has 0 fully saturated rings. The number of ether oxygens (including phenoxy) is 1. The lowest BCUT2D eigenvalue weighted by molar-refractivity contribution is 0.373. The Balaban J connectivity index is 1.71. The van der Waals surface area contributed by atoms with Crippen molar-refractivity contribution in [2.24, 2.45) is 5.10 Å². The normalized spacial score (nSPS) is 11.0. The highest BCUT2D eigenvalue weighted by Gasteiger charge is 2.07. The topological polar surface area (TPSA) is 66.7 Å². The number of hydrazone groups is 1. The number of methoxy groups -OCH3 is 1. The summed E-state index contributed by atoms with van der Waals surface area (Å²) in [6, 6.07) is 11.4. The monoisotopic (exact) mass is 353 g/mol. The fraction of sp³-hybridized carbons (Fsp3) is 0.158. The number of hydrogen-bond acceptors (Lipinski definition) is 6. The Hall–Kier alpha value is -2.86. The van der Waals surface area contributed by atoms with Gasteiger partial charge in [0, 0.05) is 10.9 Å². The quantitative estimate of drug-likeness (QED) is 0.520. The highest BCUT2D eigenvalue weighted by molar-refractivity contribution is 7.14. The van der Waals surface area contributed by atoms with Gasteiger partial charge in [-0.3, -0.25) is 5.43 Å². The number of rotatable bonds is 5. The van der Waals surface area contributed by atoms with Crippen molar-refractivity contribution in [3.05, 3.63) is 58.5 Å². The number of benzene rings is 2. The van der Waals surface area contributed by atoms with Gasteiger partial charge in [0.1, 0.15) is 0 Å². The molecule has 0 aliphatic carbocycles. The van der Waals surface area contributed by atoms with Gasteiger partial charge in [-0.25, -0.2) is 4.98 Å². The minimum absolute atomic E-state index is 0.102. The summed E-state index contributed by atoms with van der Waals surface area (Å²) in [5.74, 6) is 0.515. The molecule has 3 rings (SSSR count). The van der Waals surface area contributed by atoms with Crippen molar-refractivity contribution in [2.45, 2.75) is 13.8 Å². The fourth-order valence-electron chi connectivity index (χ4n) is 2.49. The Bertz CT molecular complexity index is 919. The van der Waals surface area contributed by atoms with Crippen molar-refractivity contribution in [1.82, 2.24) is 4.98 Å². The molecule has 0 aliphatic heterocycles. The smallest absolute Gasteiger partial charge is 0.203 e. The van der Waals surface area contributed by atoms with E-state index in [2.05, 4.69) is 47.6 Å². The molecule has 1 heterocycles. The number of phenolic OH excluding ortho intramolecular Hbond substituents is 1. The van der Waals surface area contributed by atoms with Crippen molar-refractivity contribution in [3.8, 4) is 22.8 Å². The van der Waals surface area contributed by atoms with Crippen LogP contribution in [0, 0.1) is 13.8 Å². The van der Waals surface area contributed by atoms with E-state index in [4.69, 9.17) is 4.74 Å². The van der Waals surface area contributed by atoms with Crippen molar-refractivity contribution in [2.75, 3.05) is 12.5 Å². The van der Waals surface area contributed by atoms with Crippen LogP contribution in [0.4, 0.5) is 5.13 Å². The minimum atomic E-state index is 0.102. The third-order valence-corrected chi connectivity index (χ3v) is 4.49. The minimum Gasteiger partial charge on any atom is -0.504 e. The number of phenols is 1. The lowest BCUT2D eigenvalue weighted by Gasteiger charge is -2.03. The van der Waals surface area contributed by atoms with E-state index < -0.39 is 0 Å². The molecule has 0 radical (unpaired) electrons. The van der Waals surface area contributed by atoms with Crippen LogP contribution in [0.15, 0.2) is 46.9 Å². The first-order valence-electron chi connectivity index (χ1n) is 7.76. The van der Waals surface area contributed by atoms with Crippen molar-refractivity contribution >= 4 is 22.7 Å². The zero-order valence-corrected chi connectivity index (χ0v) is 15.1. The zero-order chi connectivity index (χ0) is 17.8. The highest BCUT2D eigenvalue weighted by atomic mass is 32.1. The predicted molar refractivity (Wildman–Crippen MR) is 103 cm³/mol. The Morgan fingerprint density at radius 1 is 1.20 bits per heavy atom. The van der Waals surface area contributed by atoms with Crippen LogP contribution in [0.5, 0.6) is 11.5 Å². The maximum absolute atomic E-state index is 9.60. The van der Waals surface area contributed by atoms with Gasteiger partial charge in [0.15, 0.2) is 11.5 Å². The molecule has 0 spiro atoms. The Labute approximate surface area is 150 Å². The summed E-state index contributed by atoms with van der Waals surface area (Å²) < 4.78 is 5.08. The lowest BCUT2D eigenvalue weighted by atomic mass is 10.0. The van der Waals surface area contributed by atoms with Crippen LogP contribution in [0.3, 0.4) is 0 Å². The van der Waals surface area contributed by atoms with Crippen molar-refractivity contribution in [3.63, 3.8) is 0 Å². The van der Waals surface area contributed by atoms with E-state index in [-0.39, 0.29) is 5.75 Å². The number of anilines is 1. The van der Waals surface area contributed by atoms with E-state index in [9.17, 15) is 5.11 Å². The molecule has 0 aliphatic rings. The lowest BCUT2D eigenvalue weighted by Crippen LogP contribution is -1.92. The number of aryl methyl sites for hydroxylation is 2. The Morgan fingerprint density at radius 3 is 2.80 bits per heavy atom.